The summed E-state index contributed by atoms with van der Waals surface area (Å²) in [6.07, 6.45) is 4.80. The van der Waals surface area contributed by atoms with Crippen LogP contribution in [0.25, 0.3) is 6.08 Å². The van der Waals surface area contributed by atoms with Crippen molar-refractivity contribution < 1.29 is 9.72 Å². The van der Waals surface area contributed by atoms with Gasteiger partial charge in [-0.1, -0.05) is 48.2 Å². The Morgan fingerprint density at radius 1 is 1.12 bits per heavy atom. The molecule has 0 aromatic heterocycles. The molecule has 2 aromatic rings. The van der Waals surface area contributed by atoms with Crippen LogP contribution in [0.5, 0.6) is 0 Å². The number of allylic oxidation sites excluding steroid dienone is 2. The molecule has 6 nitrogen and oxygen atoms in total. The zero-order valence-electron chi connectivity index (χ0n) is 13.4. The van der Waals surface area contributed by atoms with Gasteiger partial charge in [0.25, 0.3) is 11.6 Å². The second-order valence-corrected chi connectivity index (χ2v) is 6.87. The number of benzene rings is 2. The predicted molar refractivity (Wildman–Crippen MR) is 107 cm³/mol. The van der Waals surface area contributed by atoms with Crippen LogP contribution in [0.4, 0.5) is 11.4 Å². The predicted octanol–water partition coefficient (Wildman–Crippen LogP) is 4.38. The fraction of sp³-hybridized carbons (Fsp3) is 0. The van der Waals surface area contributed by atoms with Gasteiger partial charge in [-0.05, 0) is 42.6 Å². The van der Waals surface area contributed by atoms with Crippen LogP contribution in [0, 0.1) is 10.1 Å². The van der Waals surface area contributed by atoms with Crippen molar-refractivity contribution in [2.45, 2.75) is 0 Å². The van der Waals surface area contributed by atoms with Crippen molar-refractivity contribution >= 4 is 51.7 Å². The van der Waals surface area contributed by atoms with Gasteiger partial charge in [-0.15, -0.1) is 0 Å². The molecule has 0 unspecified atom stereocenters. The number of nitrogens with one attached hydrogen (secondary N) is 1. The summed E-state index contributed by atoms with van der Waals surface area (Å²) >= 11 is 6.41. The third kappa shape index (κ3) is 3.98. The van der Waals surface area contributed by atoms with E-state index in [-0.39, 0.29) is 11.6 Å². The third-order valence-electron chi connectivity index (χ3n) is 3.47. The first kappa shape index (κ1) is 17.8. The highest BCUT2D eigenvalue weighted by Crippen LogP contribution is 2.31. The summed E-state index contributed by atoms with van der Waals surface area (Å²) < 4.78 is 0.393. The molecule has 1 aliphatic rings. The number of carbonyl (C=O) groups excluding carboxylic acids is 1. The number of nitro benzene ring substituents is 1. The van der Waals surface area contributed by atoms with Crippen LogP contribution in [0.15, 0.2) is 71.7 Å². The van der Waals surface area contributed by atoms with Gasteiger partial charge < -0.3 is 0 Å². The number of anilines is 1. The molecule has 1 N–H and O–H groups in total. The van der Waals surface area contributed by atoms with Crippen molar-refractivity contribution in [3.8, 4) is 0 Å². The summed E-state index contributed by atoms with van der Waals surface area (Å²) in [7, 11) is 0. The quantitative estimate of drug-likeness (QED) is 0.357. The van der Waals surface area contributed by atoms with E-state index in [1.165, 1.54) is 22.8 Å². The minimum absolute atomic E-state index is 0.00967. The third-order valence-corrected chi connectivity index (χ3v) is 4.79. The Bertz CT molecular complexity index is 926. The summed E-state index contributed by atoms with van der Waals surface area (Å²) in [5.41, 5.74) is 4.19. The van der Waals surface area contributed by atoms with Gasteiger partial charge in [-0.3, -0.25) is 20.3 Å². The van der Waals surface area contributed by atoms with Crippen molar-refractivity contribution in [3.05, 3.63) is 87.3 Å². The van der Waals surface area contributed by atoms with Crippen molar-refractivity contribution in [1.29, 1.82) is 0 Å². The molecule has 8 heteroatoms. The molecule has 0 aliphatic carbocycles. The van der Waals surface area contributed by atoms with E-state index in [0.29, 0.717) is 14.8 Å². The number of nitro groups is 1. The highest BCUT2D eigenvalue weighted by atomic mass is 32.2. The fourth-order valence-electron chi connectivity index (χ4n) is 2.25. The number of thioether (sulfide) groups is 1. The van der Waals surface area contributed by atoms with Gasteiger partial charge in [0.2, 0.25) is 0 Å². The Balaban J connectivity index is 1.75. The lowest BCUT2D eigenvalue weighted by atomic mass is 10.1. The molecule has 1 heterocycles. The number of hydrazine groups is 1. The lowest BCUT2D eigenvalue weighted by Gasteiger charge is -2.16. The number of thiocarbonyl (C=S) groups is 1. The highest BCUT2D eigenvalue weighted by Gasteiger charge is 2.32. The molecule has 1 saturated heterocycles. The summed E-state index contributed by atoms with van der Waals surface area (Å²) in [5.74, 6) is -0.268. The molecular weight excluding hydrogens is 370 g/mol. The highest BCUT2D eigenvalue weighted by molar-refractivity contribution is 8.26. The van der Waals surface area contributed by atoms with Crippen LogP contribution < -0.4 is 5.43 Å². The van der Waals surface area contributed by atoms with Crippen molar-refractivity contribution in [2.75, 3.05) is 5.43 Å². The first-order valence-electron chi connectivity index (χ1n) is 7.56. The van der Waals surface area contributed by atoms with Gasteiger partial charge in [-0.25, -0.2) is 5.01 Å². The standard InChI is InChI=1S/C18H13N3O3S2/c22-17-16(12-6-8-13-7-4-5-11-15(13)21(23)24)26-18(25)20(17)19-14-9-2-1-3-10-14/h1-12,19H/b8-6+,16-12-. The zero-order valence-corrected chi connectivity index (χ0v) is 15.0. The molecule has 0 spiro atoms. The fourth-order valence-corrected chi connectivity index (χ4v) is 3.38. The summed E-state index contributed by atoms with van der Waals surface area (Å²) in [6, 6.07) is 15.6. The molecule has 1 fully saturated rings. The van der Waals surface area contributed by atoms with E-state index >= 15 is 0 Å². The van der Waals surface area contributed by atoms with E-state index in [1.807, 2.05) is 30.3 Å². The van der Waals surface area contributed by atoms with Gasteiger partial charge in [0.1, 0.15) is 0 Å². The number of para-hydroxylation sites is 2. The number of amides is 1. The van der Waals surface area contributed by atoms with Crippen LogP contribution in [-0.4, -0.2) is 20.2 Å². The SMILES string of the molecule is O=C1/C(=C/C=C/c2ccccc2[N+](=O)[O-])SC(=S)N1Nc1ccccc1. The van der Waals surface area contributed by atoms with Crippen molar-refractivity contribution in [3.63, 3.8) is 0 Å². The van der Waals surface area contributed by atoms with Crippen molar-refractivity contribution in [1.82, 2.24) is 5.01 Å². The number of hydrogen-bond donors (Lipinski definition) is 1. The number of nitrogens with zero attached hydrogens (tertiary/aromatic N) is 2. The Morgan fingerprint density at radius 3 is 2.54 bits per heavy atom. The largest absolute Gasteiger partial charge is 0.290 e. The lowest BCUT2D eigenvalue weighted by Crippen LogP contribution is -2.33. The maximum absolute atomic E-state index is 12.5. The average Bonchev–Trinajstić information content (AvgIpc) is 2.90. The van der Waals surface area contributed by atoms with Gasteiger partial charge in [-0.2, -0.15) is 0 Å². The Kier molecular flexibility index (Phi) is 5.45. The van der Waals surface area contributed by atoms with Gasteiger partial charge >= 0.3 is 0 Å². The second-order valence-electron chi connectivity index (χ2n) is 5.19. The average molecular weight is 383 g/mol. The number of hydrogen-bond acceptors (Lipinski definition) is 6. The van der Waals surface area contributed by atoms with E-state index < -0.39 is 4.92 Å². The molecule has 0 atom stereocenters. The first-order valence-corrected chi connectivity index (χ1v) is 8.78. The van der Waals surface area contributed by atoms with Crippen LogP contribution in [-0.2, 0) is 4.79 Å². The number of carbonyl (C=O) groups is 1. The zero-order chi connectivity index (χ0) is 18.5. The number of rotatable bonds is 5. The Morgan fingerprint density at radius 2 is 1.81 bits per heavy atom. The second kappa shape index (κ2) is 7.94. The Labute approximate surface area is 159 Å². The maximum Gasteiger partial charge on any atom is 0.285 e. The lowest BCUT2D eigenvalue weighted by molar-refractivity contribution is -0.385. The molecule has 0 saturated carbocycles. The first-order chi connectivity index (χ1) is 12.6. The topological polar surface area (TPSA) is 75.5 Å². The molecule has 26 heavy (non-hydrogen) atoms. The van der Waals surface area contributed by atoms with Gasteiger partial charge in [0.05, 0.1) is 21.1 Å². The van der Waals surface area contributed by atoms with Gasteiger partial charge in [0.15, 0.2) is 4.32 Å². The summed E-state index contributed by atoms with van der Waals surface area (Å²) in [4.78, 5) is 23.5. The molecule has 0 bridgehead atoms. The minimum Gasteiger partial charge on any atom is -0.290 e. The Hall–Kier alpha value is -2.97. The maximum atomic E-state index is 12.5. The molecule has 1 amide bonds. The van der Waals surface area contributed by atoms with Gasteiger partial charge in [0, 0.05) is 6.07 Å². The van der Waals surface area contributed by atoms with Crippen LogP contribution in [0.2, 0.25) is 0 Å². The summed E-state index contributed by atoms with van der Waals surface area (Å²) in [6.45, 7) is 0. The van der Waals surface area contributed by atoms with Crippen LogP contribution >= 0.6 is 24.0 Å². The smallest absolute Gasteiger partial charge is 0.285 e. The van der Waals surface area contributed by atoms with Crippen LogP contribution in [0.1, 0.15) is 5.56 Å². The minimum atomic E-state index is -0.442. The normalized spacial score (nSPS) is 15.8. The van der Waals surface area contributed by atoms with E-state index in [1.54, 1.807) is 36.4 Å². The van der Waals surface area contributed by atoms with E-state index in [0.717, 1.165) is 5.69 Å². The molecular formula is C18H13N3O3S2. The molecule has 2 aromatic carbocycles. The summed E-state index contributed by atoms with van der Waals surface area (Å²) in [5, 5.41) is 12.3. The van der Waals surface area contributed by atoms with Crippen LogP contribution in [0.3, 0.4) is 0 Å². The molecule has 1 aliphatic heterocycles. The molecule has 0 radical (unpaired) electrons. The van der Waals surface area contributed by atoms with E-state index in [4.69, 9.17) is 12.2 Å². The monoisotopic (exact) mass is 383 g/mol. The van der Waals surface area contributed by atoms with Crippen molar-refractivity contribution in [2.24, 2.45) is 0 Å². The van der Waals surface area contributed by atoms with E-state index in [2.05, 4.69) is 5.43 Å². The van der Waals surface area contributed by atoms with E-state index in [9.17, 15) is 14.9 Å². The molecule has 3 rings (SSSR count). The molecule has 130 valence electrons.